The van der Waals surface area contributed by atoms with Gasteiger partial charge in [-0.3, -0.25) is 9.48 Å². The topological polar surface area (TPSA) is 64.2 Å². The Balaban J connectivity index is 3.02. The van der Waals surface area contributed by atoms with E-state index < -0.39 is 0 Å². The Hall–Kier alpha value is -1.17. The monoisotopic (exact) mass is 284 g/mol. The first-order valence-corrected chi connectivity index (χ1v) is 7.94. The summed E-state index contributed by atoms with van der Waals surface area (Å²) < 4.78 is 1.60. The molecular weight excluding hydrogens is 260 g/mol. The molecule has 0 fully saturated rings. The number of hydrogen-bond donors (Lipinski definition) is 1. The molecular formula is C13H24N4OS. The number of nitrogen functional groups attached to an aromatic ring is 1. The summed E-state index contributed by atoms with van der Waals surface area (Å²) in [6, 6.07) is 0.224. The molecule has 1 rings (SSSR count). The molecule has 0 spiro atoms. The van der Waals surface area contributed by atoms with Gasteiger partial charge in [-0.25, -0.2) is 0 Å². The Bertz CT molecular complexity index is 444. The molecule has 1 amide bonds. The normalized spacial score (nSPS) is 12.5. The third-order valence-corrected chi connectivity index (χ3v) is 4.11. The minimum Gasteiger partial charge on any atom is -0.395 e. The van der Waals surface area contributed by atoms with E-state index in [1.165, 1.54) is 0 Å². The van der Waals surface area contributed by atoms with Crippen LogP contribution in [0.1, 0.15) is 36.5 Å². The predicted octanol–water partition coefficient (Wildman–Crippen LogP) is 1.78. The maximum Gasteiger partial charge on any atom is 0.274 e. The molecule has 19 heavy (non-hydrogen) atoms. The lowest BCUT2D eigenvalue weighted by atomic mass is 10.2. The van der Waals surface area contributed by atoms with Crippen molar-refractivity contribution in [2.75, 3.05) is 24.8 Å². The van der Waals surface area contributed by atoms with Crippen molar-refractivity contribution in [1.82, 2.24) is 14.7 Å². The zero-order chi connectivity index (χ0) is 14.6. The highest BCUT2D eigenvalue weighted by molar-refractivity contribution is 7.98. The van der Waals surface area contributed by atoms with Crippen LogP contribution >= 0.6 is 11.8 Å². The molecule has 1 unspecified atom stereocenters. The maximum absolute atomic E-state index is 12.6. The minimum absolute atomic E-state index is 0.0481. The van der Waals surface area contributed by atoms with Gasteiger partial charge in [0.2, 0.25) is 0 Å². The number of aromatic nitrogens is 2. The summed E-state index contributed by atoms with van der Waals surface area (Å²) in [6.07, 6.45) is 3.72. The zero-order valence-corrected chi connectivity index (χ0v) is 13.3. The molecule has 0 aliphatic heterocycles. The molecule has 5 nitrogen and oxygen atoms in total. The minimum atomic E-state index is -0.0481. The van der Waals surface area contributed by atoms with E-state index in [-0.39, 0.29) is 11.9 Å². The molecule has 2 N–H and O–H groups in total. The Morgan fingerprint density at radius 3 is 2.58 bits per heavy atom. The number of hydrogen-bond acceptors (Lipinski definition) is 4. The fourth-order valence-electron chi connectivity index (χ4n) is 2.14. The molecule has 0 radical (unpaired) electrons. The number of anilines is 1. The first-order chi connectivity index (χ1) is 8.97. The van der Waals surface area contributed by atoms with Crippen LogP contribution in [0.4, 0.5) is 5.69 Å². The first kappa shape index (κ1) is 15.9. The van der Waals surface area contributed by atoms with E-state index >= 15 is 0 Å². The molecule has 0 saturated carbocycles. The highest BCUT2D eigenvalue weighted by Crippen LogP contribution is 2.20. The SMILES string of the molecule is CCc1nn(C)c(C(=O)N(C)C(CC)CSC)c1N. The van der Waals surface area contributed by atoms with Crippen molar-refractivity contribution >= 4 is 23.4 Å². The summed E-state index contributed by atoms with van der Waals surface area (Å²) in [5.41, 5.74) is 7.84. The van der Waals surface area contributed by atoms with Crippen molar-refractivity contribution in [1.29, 1.82) is 0 Å². The Morgan fingerprint density at radius 2 is 2.16 bits per heavy atom. The summed E-state index contributed by atoms with van der Waals surface area (Å²) >= 11 is 1.75. The van der Waals surface area contributed by atoms with E-state index in [1.54, 1.807) is 28.4 Å². The fourth-order valence-corrected chi connectivity index (χ4v) is 2.98. The third kappa shape index (κ3) is 3.23. The van der Waals surface area contributed by atoms with Crippen LogP contribution in [0.5, 0.6) is 0 Å². The van der Waals surface area contributed by atoms with Crippen LogP contribution in [0.2, 0.25) is 0 Å². The van der Waals surface area contributed by atoms with E-state index in [9.17, 15) is 4.79 Å². The second kappa shape index (κ2) is 6.84. The molecule has 0 aromatic carbocycles. The number of nitrogens with two attached hydrogens (primary N) is 1. The molecule has 0 aliphatic carbocycles. The summed E-state index contributed by atoms with van der Waals surface area (Å²) in [4.78, 5) is 14.3. The van der Waals surface area contributed by atoms with Crippen molar-refractivity contribution in [2.45, 2.75) is 32.7 Å². The summed E-state index contributed by atoms with van der Waals surface area (Å²) in [5, 5.41) is 4.30. The maximum atomic E-state index is 12.6. The van der Waals surface area contributed by atoms with Crippen molar-refractivity contribution in [3.63, 3.8) is 0 Å². The van der Waals surface area contributed by atoms with Gasteiger partial charge in [-0.2, -0.15) is 16.9 Å². The molecule has 0 bridgehead atoms. The highest BCUT2D eigenvalue weighted by Gasteiger charge is 2.25. The van der Waals surface area contributed by atoms with Gasteiger partial charge in [0.1, 0.15) is 5.69 Å². The summed E-state index contributed by atoms with van der Waals surface area (Å²) in [6.45, 7) is 4.08. The lowest BCUT2D eigenvalue weighted by Crippen LogP contribution is -2.39. The molecule has 1 atom stereocenters. The van der Waals surface area contributed by atoms with Crippen LogP contribution in [-0.2, 0) is 13.5 Å². The number of aryl methyl sites for hydroxylation is 2. The van der Waals surface area contributed by atoms with Gasteiger partial charge in [-0.1, -0.05) is 13.8 Å². The van der Waals surface area contributed by atoms with Gasteiger partial charge in [0.25, 0.3) is 5.91 Å². The molecule has 1 heterocycles. The molecule has 1 aromatic heterocycles. The highest BCUT2D eigenvalue weighted by atomic mass is 32.2. The Kier molecular flexibility index (Phi) is 5.72. The predicted molar refractivity (Wildman–Crippen MR) is 81.6 cm³/mol. The number of amides is 1. The van der Waals surface area contributed by atoms with Crippen LogP contribution < -0.4 is 5.73 Å². The van der Waals surface area contributed by atoms with Crippen molar-refractivity contribution in [3.8, 4) is 0 Å². The average Bonchev–Trinajstić information content (AvgIpc) is 2.69. The van der Waals surface area contributed by atoms with Gasteiger partial charge in [0, 0.05) is 25.9 Å². The number of rotatable bonds is 6. The summed E-state index contributed by atoms with van der Waals surface area (Å²) in [7, 11) is 3.61. The molecule has 1 aromatic rings. The molecule has 6 heteroatoms. The van der Waals surface area contributed by atoms with E-state index in [4.69, 9.17) is 5.73 Å². The van der Waals surface area contributed by atoms with Gasteiger partial charge < -0.3 is 10.6 Å². The lowest BCUT2D eigenvalue weighted by molar-refractivity contribution is 0.0733. The number of nitrogens with zero attached hydrogens (tertiary/aromatic N) is 3. The third-order valence-electron chi connectivity index (χ3n) is 3.40. The van der Waals surface area contributed by atoms with Gasteiger partial charge in [0.15, 0.2) is 0 Å². The second-order valence-corrected chi connectivity index (χ2v) is 5.53. The van der Waals surface area contributed by atoms with E-state index in [1.807, 2.05) is 14.0 Å². The van der Waals surface area contributed by atoms with Crippen molar-refractivity contribution in [2.24, 2.45) is 7.05 Å². The largest absolute Gasteiger partial charge is 0.395 e. The van der Waals surface area contributed by atoms with Crippen LogP contribution in [0, 0.1) is 0 Å². The average molecular weight is 284 g/mol. The molecule has 0 aliphatic rings. The van der Waals surface area contributed by atoms with Gasteiger partial charge in [-0.05, 0) is 19.1 Å². The lowest BCUT2D eigenvalue weighted by Gasteiger charge is -2.26. The van der Waals surface area contributed by atoms with Crippen LogP contribution in [0.15, 0.2) is 0 Å². The number of carbonyl (C=O) groups excluding carboxylic acids is 1. The standard InChI is InChI=1S/C13H24N4OS/c1-6-9(8-19-5)16(3)13(18)12-11(14)10(7-2)15-17(12)4/h9H,6-8,14H2,1-5H3. The molecule has 0 saturated heterocycles. The van der Waals surface area contributed by atoms with Crippen molar-refractivity contribution in [3.05, 3.63) is 11.4 Å². The van der Waals surface area contributed by atoms with E-state index in [2.05, 4.69) is 18.3 Å². The van der Waals surface area contributed by atoms with Crippen LogP contribution in [0.3, 0.4) is 0 Å². The van der Waals surface area contributed by atoms with Crippen LogP contribution in [-0.4, -0.2) is 45.7 Å². The number of carbonyl (C=O) groups is 1. The van der Waals surface area contributed by atoms with Crippen LogP contribution in [0.25, 0.3) is 0 Å². The zero-order valence-electron chi connectivity index (χ0n) is 12.4. The van der Waals surface area contributed by atoms with E-state index in [0.717, 1.165) is 24.3 Å². The van der Waals surface area contributed by atoms with Gasteiger partial charge >= 0.3 is 0 Å². The van der Waals surface area contributed by atoms with Gasteiger partial charge in [0.05, 0.1) is 11.4 Å². The quantitative estimate of drug-likeness (QED) is 0.865. The second-order valence-electron chi connectivity index (χ2n) is 4.62. The summed E-state index contributed by atoms with van der Waals surface area (Å²) in [5.74, 6) is 0.880. The van der Waals surface area contributed by atoms with E-state index in [0.29, 0.717) is 11.4 Å². The Labute approximate surface area is 119 Å². The van der Waals surface area contributed by atoms with Crippen molar-refractivity contribution < 1.29 is 4.79 Å². The smallest absolute Gasteiger partial charge is 0.274 e. The molecule has 108 valence electrons. The fraction of sp³-hybridized carbons (Fsp3) is 0.692. The first-order valence-electron chi connectivity index (χ1n) is 6.55. The Morgan fingerprint density at radius 1 is 1.53 bits per heavy atom. The van der Waals surface area contributed by atoms with Gasteiger partial charge in [-0.15, -0.1) is 0 Å². The number of thioether (sulfide) groups is 1.